The van der Waals surface area contributed by atoms with E-state index in [4.69, 9.17) is 13.3 Å². The van der Waals surface area contributed by atoms with Crippen LogP contribution >= 0.6 is 68.0 Å². The number of fused-ring (bicyclic) bond motifs is 30. The zero-order chi connectivity index (χ0) is 70.3. The molecule has 105 heavy (non-hydrogen) atoms. The molecular weight excluding hydrogens is 1400 g/mol. The van der Waals surface area contributed by atoms with Gasteiger partial charge >= 0.3 is 0 Å². The fraction of sp³-hybridized carbons (Fsp3) is 0.0968. The van der Waals surface area contributed by atoms with Gasteiger partial charge in [-0.15, -0.1) is 68.0 Å². The third-order valence-corrected chi connectivity index (χ3v) is 28.9. The number of rotatable bonds is 3. The highest BCUT2D eigenvalue weighted by molar-refractivity contribution is 7.37. The third kappa shape index (κ3) is 9.27. The molecule has 0 amide bonds. The molecule has 0 fully saturated rings. The molecule has 0 aliphatic rings. The Labute approximate surface area is 625 Å². The normalized spacial score (nSPS) is 12.4. The second-order valence-corrected chi connectivity index (χ2v) is 35.3. The Morgan fingerprint density at radius 3 is 1.10 bits per heavy atom. The average Bonchev–Trinajstić information content (AvgIpc) is 1.55. The second kappa shape index (κ2) is 22.6. The summed E-state index contributed by atoms with van der Waals surface area (Å²) in [7, 11) is 0. The predicted molar refractivity (Wildman–Crippen MR) is 459 cm³/mol. The van der Waals surface area contributed by atoms with E-state index >= 15 is 0 Å². The third-order valence-electron chi connectivity index (χ3n) is 21.5. The van der Waals surface area contributed by atoms with Gasteiger partial charge in [-0.2, -0.15) is 0 Å². The number of hydrogen-bond donors (Lipinski definition) is 0. The molecule has 0 saturated carbocycles. The summed E-state index contributed by atoms with van der Waals surface area (Å²) in [5, 5.41) is 15.0. The van der Waals surface area contributed by atoms with Gasteiger partial charge in [-0.05, 0) is 223 Å². The first-order valence-corrected chi connectivity index (χ1v) is 40.4. The van der Waals surface area contributed by atoms with Crippen molar-refractivity contribution in [3.05, 3.63) is 268 Å². The van der Waals surface area contributed by atoms with Crippen molar-refractivity contribution in [3.8, 4) is 17.1 Å². The molecular formula is C93H63N3O3S6. The molecule has 12 heterocycles. The van der Waals surface area contributed by atoms with Gasteiger partial charge in [0.25, 0.3) is 0 Å². The molecule has 0 saturated heterocycles. The maximum absolute atomic E-state index is 6.64. The number of hydrogen-bond acceptors (Lipinski definition) is 9. The van der Waals surface area contributed by atoms with Crippen molar-refractivity contribution in [2.45, 2.75) is 62.3 Å². The molecule has 0 radical (unpaired) electrons. The SMILES string of the molecule is Cc1ccc(-n2c3cc(C)ccc3c3oc4cc5c(cc4c32)sc2c3ccc(C)cc3sc52)cc1.Cc1ccc(-n2c3cc(C)ccc3c3sc4cc5c(cc4c32)oc2c3ccc(C)cc3sc52)cc1.Cc1ccc(-n2c3cc4c(cc3c3oc5cc(C)ccc5c32)sc2c3ccc(C)cc3sc42)cc1. The summed E-state index contributed by atoms with van der Waals surface area (Å²) in [6, 6.07) is 80.7. The van der Waals surface area contributed by atoms with Crippen LogP contribution in [0, 0.1) is 62.3 Å². The van der Waals surface area contributed by atoms with Crippen LogP contribution in [0.15, 0.2) is 232 Å². The molecule has 0 atom stereocenters. The Balaban J connectivity index is 0.0000000986. The zero-order valence-electron chi connectivity index (χ0n) is 58.8. The first kappa shape index (κ1) is 61.7. The summed E-state index contributed by atoms with van der Waals surface area (Å²) in [5.74, 6) is 0. The Hall–Kier alpha value is -10.8. The molecule has 24 rings (SSSR count). The largest absolute Gasteiger partial charge is 0.454 e. The predicted octanol–water partition coefficient (Wildman–Crippen LogP) is 30.1. The van der Waals surface area contributed by atoms with E-state index in [1.165, 1.54) is 188 Å². The van der Waals surface area contributed by atoms with Gasteiger partial charge in [0.2, 0.25) is 0 Å². The molecule has 0 aliphatic carbocycles. The Morgan fingerprint density at radius 2 is 0.533 bits per heavy atom. The van der Waals surface area contributed by atoms with Crippen LogP contribution in [0.25, 0.3) is 205 Å². The molecule has 12 aromatic heterocycles. The van der Waals surface area contributed by atoms with Crippen molar-refractivity contribution in [2.75, 3.05) is 0 Å². The van der Waals surface area contributed by atoms with E-state index in [1.807, 2.05) is 68.0 Å². The van der Waals surface area contributed by atoms with Crippen LogP contribution in [0.5, 0.6) is 0 Å². The number of furan rings is 3. The molecule has 24 aromatic rings. The minimum absolute atomic E-state index is 0.950. The topological polar surface area (TPSA) is 54.2 Å². The molecule has 12 heteroatoms. The maximum atomic E-state index is 6.64. The lowest BCUT2D eigenvalue weighted by atomic mass is 10.1. The smallest absolute Gasteiger partial charge is 0.161 e. The number of nitrogens with zero attached hydrogens (tertiary/aromatic N) is 3. The molecule has 6 nitrogen and oxygen atoms in total. The van der Waals surface area contributed by atoms with E-state index in [-0.39, 0.29) is 0 Å². The molecule has 0 unspecified atom stereocenters. The van der Waals surface area contributed by atoms with E-state index < -0.39 is 0 Å². The number of aromatic nitrogens is 3. The minimum atomic E-state index is 0.950. The van der Waals surface area contributed by atoms with Crippen molar-refractivity contribution in [1.82, 2.24) is 13.7 Å². The lowest BCUT2D eigenvalue weighted by Gasteiger charge is -2.09. The molecule has 504 valence electrons. The van der Waals surface area contributed by atoms with E-state index in [0.29, 0.717) is 0 Å². The van der Waals surface area contributed by atoms with Crippen molar-refractivity contribution in [3.63, 3.8) is 0 Å². The van der Waals surface area contributed by atoms with E-state index in [9.17, 15) is 0 Å². The molecule has 0 spiro atoms. The Morgan fingerprint density at radius 1 is 0.200 bits per heavy atom. The average molecular weight is 1460 g/mol. The zero-order valence-corrected chi connectivity index (χ0v) is 63.7. The van der Waals surface area contributed by atoms with Gasteiger partial charge < -0.3 is 27.0 Å². The highest BCUT2D eigenvalue weighted by atomic mass is 32.1. The van der Waals surface area contributed by atoms with Crippen LogP contribution < -0.4 is 0 Å². The van der Waals surface area contributed by atoms with Crippen LogP contribution in [0.4, 0.5) is 0 Å². The monoisotopic (exact) mass is 1460 g/mol. The van der Waals surface area contributed by atoms with Crippen LogP contribution in [0.3, 0.4) is 0 Å². The van der Waals surface area contributed by atoms with Crippen molar-refractivity contribution in [2.24, 2.45) is 0 Å². The fourth-order valence-corrected chi connectivity index (χ4v) is 24.4. The van der Waals surface area contributed by atoms with Crippen LogP contribution in [0.1, 0.15) is 50.1 Å². The summed E-state index contributed by atoms with van der Waals surface area (Å²) < 4.78 is 43.0. The lowest BCUT2D eigenvalue weighted by Crippen LogP contribution is -1.94. The Kier molecular flexibility index (Phi) is 13.3. The van der Waals surface area contributed by atoms with Gasteiger partial charge in [-0.3, -0.25) is 0 Å². The molecule has 0 aliphatic heterocycles. The molecule has 0 bridgehead atoms. The quantitative estimate of drug-likeness (QED) is 0.177. The van der Waals surface area contributed by atoms with Crippen molar-refractivity contribution >= 4 is 256 Å². The molecule has 12 aromatic carbocycles. The van der Waals surface area contributed by atoms with Gasteiger partial charge in [-0.25, -0.2) is 0 Å². The fourth-order valence-electron chi connectivity index (χ4n) is 16.3. The summed E-state index contributed by atoms with van der Waals surface area (Å²) >= 11 is 11.4. The summed E-state index contributed by atoms with van der Waals surface area (Å²) in [5.41, 5.74) is 28.0. The first-order chi connectivity index (χ1) is 51.1. The first-order valence-electron chi connectivity index (χ1n) is 35.5. The number of aryl methyl sites for hydroxylation is 9. The summed E-state index contributed by atoms with van der Waals surface area (Å²) in [4.78, 5) is 0. The van der Waals surface area contributed by atoms with Crippen molar-refractivity contribution < 1.29 is 13.3 Å². The summed E-state index contributed by atoms with van der Waals surface area (Å²) in [6.07, 6.45) is 0. The van der Waals surface area contributed by atoms with Gasteiger partial charge in [0, 0.05) is 110 Å². The number of thiophene rings is 6. The molecule has 0 N–H and O–H groups in total. The standard InChI is InChI=1S/3C31H21NOS2/c1-16-4-8-19(9-5-16)32-24-14-23-27(35-30-21-11-7-18(3)13-26(21)34-31(23)30)15-22(24)29-28(32)20-10-6-17(2)12-25(20)33-29;1-16-4-8-19(9-5-16)32-24-12-17(2)6-10-20(24)30-28(32)23-14-25-22(15-27(23)34-30)31-29(33-25)21-11-7-18(3)13-26(21)35-31;1-16-4-8-19(9-5-16)32-24-12-17(2)6-10-20(24)29-28(32)22-15-27-23(14-25(22)33-29)31-30(35-27)21-11-7-18(3)13-26(21)34-31/h3*4-15H,1-3H3. The summed E-state index contributed by atoms with van der Waals surface area (Å²) in [6.45, 7) is 19.3. The van der Waals surface area contributed by atoms with Gasteiger partial charge in [-0.1, -0.05) is 108 Å². The van der Waals surface area contributed by atoms with E-state index in [1.54, 1.807) is 0 Å². The van der Waals surface area contributed by atoms with Crippen LogP contribution in [-0.4, -0.2) is 13.7 Å². The maximum Gasteiger partial charge on any atom is 0.161 e. The van der Waals surface area contributed by atoms with Gasteiger partial charge in [0.05, 0.1) is 50.3 Å². The highest BCUT2D eigenvalue weighted by Gasteiger charge is 2.27. The van der Waals surface area contributed by atoms with Crippen LogP contribution in [0.2, 0.25) is 0 Å². The van der Waals surface area contributed by atoms with Crippen molar-refractivity contribution in [1.29, 1.82) is 0 Å². The number of benzene rings is 12. The minimum Gasteiger partial charge on any atom is -0.454 e. The highest BCUT2D eigenvalue weighted by Crippen LogP contribution is 2.52. The van der Waals surface area contributed by atoms with Gasteiger partial charge in [0.15, 0.2) is 16.7 Å². The van der Waals surface area contributed by atoms with Crippen LogP contribution in [-0.2, 0) is 0 Å². The lowest BCUT2D eigenvalue weighted by molar-refractivity contribution is 0.672. The Bertz CT molecular complexity index is 7530. The van der Waals surface area contributed by atoms with E-state index in [0.717, 1.165) is 66.7 Å². The van der Waals surface area contributed by atoms with Gasteiger partial charge in [0.1, 0.15) is 27.8 Å². The second-order valence-electron chi connectivity index (χ2n) is 29.0. The van der Waals surface area contributed by atoms with E-state index in [2.05, 4.69) is 294 Å².